The normalized spacial score (nSPS) is 15.8. The lowest BCUT2D eigenvalue weighted by Gasteiger charge is -2.34. The van der Waals surface area contributed by atoms with Gasteiger partial charge in [0.2, 0.25) is 5.91 Å². The summed E-state index contributed by atoms with van der Waals surface area (Å²) in [6.45, 7) is 7.90. The van der Waals surface area contributed by atoms with E-state index in [1.165, 1.54) is 10.4 Å². The highest BCUT2D eigenvalue weighted by Crippen LogP contribution is 2.36. The molecule has 3 aromatic rings. The molecule has 0 atom stereocenters. The molecule has 1 aromatic carbocycles. The van der Waals surface area contributed by atoms with Gasteiger partial charge in [0.05, 0.1) is 21.6 Å². The maximum absolute atomic E-state index is 12.5. The maximum Gasteiger partial charge on any atom is 0.223 e. The first-order chi connectivity index (χ1) is 13.4. The number of pyridine rings is 1. The molecule has 0 aliphatic carbocycles. The Morgan fingerprint density at radius 2 is 1.86 bits per heavy atom. The molecule has 3 heterocycles. The fraction of sp³-hybridized carbons (Fsp3) is 0.391. The summed E-state index contributed by atoms with van der Waals surface area (Å²) < 4.78 is 1.23. The van der Waals surface area contributed by atoms with Gasteiger partial charge in [0.15, 0.2) is 0 Å². The van der Waals surface area contributed by atoms with E-state index in [0.29, 0.717) is 0 Å². The molecule has 1 amide bonds. The molecule has 0 unspecified atom stereocenters. The van der Waals surface area contributed by atoms with Crippen molar-refractivity contribution >= 4 is 33.1 Å². The van der Waals surface area contributed by atoms with Crippen LogP contribution < -0.4 is 10.2 Å². The zero-order chi connectivity index (χ0) is 19.7. The Morgan fingerprint density at radius 3 is 2.54 bits per heavy atom. The minimum Gasteiger partial charge on any atom is -0.370 e. The molecule has 5 heteroatoms. The summed E-state index contributed by atoms with van der Waals surface area (Å²) in [7, 11) is 0. The Labute approximate surface area is 170 Å². The third-order valence-electron chi connectivity index (χ3n) is 5.17. The average molecular weight is 394 g/mol. The minimum atomic E-state index is -0.174. The second-order valence-corrected chi connectivity index (χ2v) is 9.44. The molecule has 2 aromatic heterocycles. The van der Waals surface area contributed by atoms with Crippen LogP contribution in [0, 0.1) is 5.92 Å². The van der Waals surface area contributed by atoms with Crippen LogP contribution in [0.2, 0.25) is 0 Å². The maximum atomic E-state index is 12.5. The molecule has 0 spiro atoms. The van der Waals surface area contributed by atoms with Crippen molar-refractivity contribution in [3.63, 3.8) is 0 Å². The van der Waals surface area contributed by atoms with Crippen molar-refractivity contribution in [2.24, 2.45) is 5.92 Å². The quantitative estimate of drug-likeness (QED) is 0.674. The number of carbonyl (C=O) groups excluding carboxylic acids is 1. The molecule has 4 nitrogen and oxygen atoms in total. The molecule has 0 saturated carbocycles. The van der Waals surface area contributed by atoms with Crippen molar-refractivity contribution in [1.29, 1.82) is 0 Å². The van der Waals surface area contributed by atoms with E-state index < -0.39 is 0 Å². The second-order valence-electron chi connectivity index (χ2n) is 8.53. The number of nitrogens with zero attached hydrogens (tertiary/aromatic N) is 2. The number of rotatable bonds is 3. The molecule has 146 valence electrons. The smallest absolute Gasteiger partial charge is 0.223 e. The summed E-state index contributed by atoms with van der Waals surface area (Å²) in [4.78, 5) is 19.8. The van der Waals surface area contributed by atoms with Crippen molar-refractivity contribution in [3.8, 4) is 11.3 Å². The fourth-order valence-electron chi connectivity index (χ4n) is 3.79. The first-order valence-electron chi connectivity index (χ1n) is 9.91. The summed E-state index contributed by atoms with van der Waals surface area (Å²) in [6, 6.07) is 14.6. The molecule has 1 aliphatic heterocycles. The summed E-state index contributed by atoms with van der Waals surface area (Å²) in [5.41, 5.74) is 4.26. The average Bonchev–Trinajstić information content (AvgIpc) is 3.15. The standard InChI is InChI=1S/C23H27N3OS/c1-23(2,3)25-22(27)17-9-12-26(13-10-17)20-15-19(16-7-5-4-6-8-16)24-18-11-14-28-21(18)20/h4-8,11,14-15,17H,9-10,12-13H2,1-3H3,(H,25,27). The van der Waals surface area contributed by atoms with E-state index >= 15 is 0 Å². The van der Waals surface area contributed by atoms with Crippen molar-refractivity contribution in [2.45, 2.75) is 39.2 Å². The lowest BCUT2D eigenvalue weighted by Crippen LogP contribution is -2.47. The molecule has 0 radical (unpaired) electrons. The van der Waals surface area contributed by atoms with Crippen molar-refractivity contribution in [3.05, 3.63) is 47.8 Å². The highest BCUT2D eigenvalue weighted by molar-refractivity contribution is 7.17. The van der Waals surface area contributed by atoms with Crippen LogP contribution in [-0.2, 0) is 4.79 Å². The van der Waals surface area contributed by atoms with Gasteiger partial charge in [-0.15, -0.1) is 11.3 Å². The number of thiophene rings is 1. The van der Waals surface area contributed by atoms with Gasteiger partial charge in [0, 0.05) is 30.1 Å². The van der Waals surface area contributed by atoms with E-state index in [4.69, 9.17) is 4.98 Å². The zero-order valence-electron chi connectivity index (χ0n) is 16.7. The second kappa shape index (κ2) is 7.55. The number of nitrogens with one attached hydrogen (secondary N) is 1. The van der Waals surface area contributed by atoms with Gasteiger partial charge in [-0.1, -0.05) is 30.3 Å². The van der Waals surface area contributed by atoms with Crippen LogP contribution in [0.4, 0.5) is 5.69 Å². The van der Waals surface area contributed by atoms with Gasteiger partial charge in [-0.2, -0.15) is 0 Å². The van der Waals surface area contributed by atoms with Crippen LogP contribution in [0.15, 0.2) is 47.8 Å². The van der Waals surface area contributed by atoms with Gasteiger partial charge < -0.3 is 10.2 Å². The lowest BCUT2D eigenvalue weighted by molar-refractivity contribution is -0.127. The van der Waals surface area contributed by atoms with Gasteiger partial charge in [-0.25, -0.2) is 4.98 Å². The zero-order valence-corrected chi connectivity index (χ0v) is 17.6. The third kappa shape index (κ3) is 4.04. The van der Waals surface area contributed by atoms with E-state index in [2.05, 4.69) is 39.9 Å². The van der Waals surface area contributed by atoms with E-state index in [0.717, 1.165) is 42.7 Å². The summed E-state index contributed by atoms with van der Waals surface area (Å²) in [5, 5.41) is 5.24. The van der Waals surface area contributed by atoms with Crippen molar-refractivity contribution in [2.75, 3.05) is 18.0 Å². The molecular weight excluding hydrogens is 366 g/mol. The van der Waals surface area contributed by atoms with E-state index in [1.807, 2.05) is 39.0 Å². The SMILES string of the molecule is CC(C)(C)NC(=O)C1CCN(c2cc(-c3ccccc3)nc3ccsc23)CC1. The van der Waals surface area contributed by atoms with Gasteiger partial charge in [0.25, 0.3) is 0 Å². The Hall–Kier alpha value is -2.40. The number of fused-ring (bicyclic) bond motifs is 1. The minimum absolute atomic E-state index is 0.102. The van der Waals surface area contributed by atoms with Crippen LogP contribution in [0.3, 0.4) is 0 Å². The van der Waals surface area contributed by atoms with Crippen LogP contribution >= 0.6 is 11.3 Å². The Morgan fingerprint density at radius 1 is 1.14 bits per heavy atom. The van der Waals surface area contributed by atoms with Crippen LogP contribution in [0.5, 0.6) is 0 Å². The van der Waals surface area contributed by atoms with E-state index in [9.17, 15) is 4.79 Å². The van der Waals surface area contributed by atoms with E-state index in [-0.39, 0.29) is 17.4 Å². The lowest BCUT2D eigenvalue weighted by atomic mass is 9.94. The number of benzene rings is 1. The summed E-state index contributed by atoms with van der Waals surface area (Å²) in [5.74, 6) is 0.290. The highest BCUT2D eigenvalue weighted by atomic mass is 32.1. The predicted octanol–water partition coefficient (Wildman–Crippen LogP) is 5.09. The van der Waals surface area contributed by atoms with Gasteiger partial charge in [0.1, 0.15) is 0 Å². The highest BCUT2D eigenvalue weighted by Gasteiger charge is 2.28. The van der Waals surface area contributed by atoms with Crippen LogP contribution in [-0.4, -0.2) is 29.5 Å². The van der Waals surface area contributed by atoms with Gasteiger partial charge in [-0.3, -0.25) is 4.79 Å². The monoisotopic (exact) mass is 393 g/mol. The van der Waals surface area contributed by atoms with Crippen molar-refractivity contribution < 1.29 is 4.79 Å². The number of anilines is 1. The summed E-state index contributed by atoms with van der Waals surface area (Å²) in [6.07, 6.45) is 1.77. The molecule has 1 saturated heterocycles. The van der Waals surface area contributed by atoms with Crippen LogP contribution in [0.1, 0.15) is 33.6 Å². The number of piperidine rings is 1. The number of hydrogen-bond donors (Lipinski definition) is 1. The van der Waals surface area contributed by atoms with Crippen LogP contribution in [0.25, 0.3) is 21.5 Å². The van der Waals surface area contributed by atoms with Gasteiger partial charge >= 0.3 is 0 Å². The Balaban J connectivity index is 1.57. The van der Waals surface area contributed by atoms with E-state index in [1.54, 1.807) is 11.3 Å². The predicted molar refractivity (Wildman–Crippen MR) is 118 cm³/mol. The van der Waals surface area contributed by atoms with Gasteiger partial charge in [-0.05, 0) is 51.1 Å². The first kappa shape index (κ1) is 18.9. The topological polar surface area (TPSA) is 45.2 Å². The number of amides is 1. The first-order valence-corrected chi connectivity index (χ1v) is 10.8. The molecule has 1 N–H and O–H groups in total. The Bertz CT molecular complexity index is 966. The molecule has 28 heavy (non-hydrogen) atoms. The molecule has 1 aliphatic rings. The van der Waals surface area contributed by atoms with Crippen molar-refractivity contribution in [1.82, 2.24) is 10.3 Å². The molecule has 4 rings (SSSR count). The largest absolute Gasteiger partial charge is 0.370 e. The molecular formula is C23H27N3OS. The fourth-order valence-corrected chi connectivity index (χ4v) is 4.66. The third-order valence-corrected chi connectivity index (χ3v) is 6.09. The number of carbonyl (C=O) groups is 1. The summed E-state index contributed by atoms with van der Waals surface area (Å²) >= 11 is 1.74. The molecule has 0 bridgehead atoms. The number of aromatic nitrogens is 1. The number of hydrogen-bond acceptors (Lipinski definition) is 4. The Kier molecular flexibility index (Phi) is 5.11. The molecule has 1 fully saturated rings.